The van der Waals surface area contributed by atoms with E-state index in [0.717, 1.165) is 35.3 Å². The van der Waals surface area contributed by atoms with Gasteiger partial charge in [0.2, 0.25) is 0 Å². The molecule has 0 radical (unpaired) electrons. The van der Waals surface area contributed by atoms with Gasteiger partial charge >= 0.3 is 0 Å². The Morgan fingerprint density at radius 1 is 1.00 bits per heavy atom. The normalized spacial score (nSPS) is 15.9. The number of fused-ring (bicyclic) bond motifs is 4. The van der Waals surface area contributed by atoms with Crippen LogP contribution in [0.3, 0.4) is 0 Å². The van der Waals surface area contributed by atoms with Gasteiger partial charge in [-0.3, -0.25) is 4.79 Å². The summed E-state index contributed by atoms with van der Waals surface area (Å²) in [5.41, 5.74) is 9.01. The van der Waals surface area contributed by atoms with Crippen molar-refractivity contribution in [1.29, 1.82) is 0 Å². The molecular weight excluding hydrogens is 348 g/mol. The van der Waals surface area contributed by atoms with Crippen molar-refractivity contribution in [3.63, 3.8) is 0 Å². The predicted octanol–water partition coefficient (Wildman–Crippen LogP) is 3.93. The second-order valence-electron chi connectivity index (χ2n) is 7.81. The van der Waals surface area contributed by atoms with Crippen LogP contribution in [0.15, 0.2) is 36.4 Å². The second-order valence-corrected chi connectivity index (χ2v) is 7.81. The summed E-state index contributed by atoms with van der Waals surface area (Å²) in [6, 6.07) is 12.1. The monoisotopic (exact) mass is 370 g/mol. The van der Waals surface area contributed by atoms with E-state index in [1.807, 2.05) is 32.0 Å². The fourth-order valence-electron chi connectivity index (χ4n) is 4.13. The number of amides is 1. The van der Waals surface area contributed by atoms with E-state index < -0.39 is 0 Å². The molecule has 2 aromatic heterocycles. The minimum absolute atomic E-state index is 0.0578. The minimum atomic E-state index is -0.0578. The van der Waals surface area contributed by atoms with Crippen LogP contribution in [0, 0.1) is 20.8 Å². The van der Waals surface area contributed by atoms with E-state index in [4.69, 9.17) is 0 Å². The van der Waals surface area contributed by atoms with E-state index in [2.05, 4.69) is 45.4 Å². The summed E-state index contributed by atoms with van der Waals surface area (Å²) in [6.07, 6.45) is 1.69. The van der Waals surface area contributed by atoms with Gasteiger partial charge in [-0.1, -0.05) is 11.6 Å². The van der Waals surface area contributed by atoms with Crippen molar-refractivity contribution in [3.8, 4) is 0 Å². The quantitative estimate of drug-likeness (QED) is 0.562. The number of aryl methyl sites for hydroxylation is 3. The van der Waals surface area contributed by atoms with Gasteiger partial charge in [-0.05, 0) is 63.1 Å². The van der Waals surface area contributed by atoms with E-state index in [9.17, 15) is 4.79 Å². The number of hydrogen-bond donors (Lipinski definition) is 2. The number of benzene rings is 2. The highest BCUT2D eigenvalue weighted by molar-refractivity contribution is 5.97. The third-order valence-corrected chi connectivity index (χ3v) is 5.72. The third kappa shape index (κ3) is 2.74. The zero-order valence-corrected chi connectivity index (χ0v) is 16.3. The lowest BCUT2D eigenvalue weighted by molar-refractivity contribution is 0.0938. The van der Waals surface area contributed by atoms with Gasteiger partial charge in [0.1, 0.15) is 0 Å². The Balaban J connectivity index is 1.37. The number of carbonyl (C=O) groups excluding carboxylic acids is 1. The molecule has 2 aromatic carbocycles. The largest absolute Gasteiger partial charge is 0.358 e. The van der Waals surface area contributed by atoms with Crippen molar-refractivity contribution in [2.75, 3.05) is 0 Å². The van der Waals surface area contributed by atoms with Crippen molar-refractivity contribution in [3.05, 3.63) is 70.2 Å². The summed E-state index contributed by atoms with van der Waals surface area (Å²) >= 11 is 0. The van der Waals surface area contributed by atoms with E-state index in [1.165, 1.54) is 27.7 Å². The maximum absolute atomic E-state index is 12.8. The fraction of sp³-hybridized carbons (Fsp3) is 0.261. The first-order valence-corrected chi connectivity index (χ1v) is 9.64. The molecule has 5 heteroatoms. The lowest BCUT2D eigenvalue weighted by Crippen LogP contribution is -2.35. The zero-order valence-electron chi connectivity index (χ0n) is 16.3. The van der Waals surface area contributed by atoms with Gasteiger partial charge in [0, 0.05) is 34.6 Å². The Labute approximate surface area is 163 Å². The Morgan fingerprint density at radius 3 is 2.61 bits per heavy atom. The summed E-state index contributed by atoms with van der Waals surface area (Å²) in [6.45, 7) is 5.99. The second kappa shape index (κ2) is 6.16. The van der Waals surface area contributed by atoms with Crippen LogP contribution in [0.25, 0.3) is 21.9 Å². The first-order chi connectivity index (χ1) is 13.5. The van der Waals surface area contributed by atoms with Crippen LogP contribution in [0.1, 0.15) is 38.6 Å². The molecule has 0 saturated heterocycles. The fourth-order valence-corrected chi connectivity index (χ4v) is 4.13. The van der Waals surface area contributed by atoms with Crippen molar-refractivity contribution in [1.82, 2.24) is 20.3 Å². The van der Waals surface area contributed by atoms with E-state index >= 15 is 0 Å². The summed E-state index contributed by atoms with van der Waals surface area (Å²) in [4.78, 5) is 25.4. The van der Waals surface area contributed by atoms with E-state index in [-0.39, 0.29) is 11.9 Å². The van der Waals surface area contributed by atoms with Crippen LogP contribution in [0.5, 0.6) is 0 Å². The topological polar surface area (TPSA) is 70.7 Å². The van der Waals surface area contributed by atoms with Gasteiger partial charge in [-0.25, -0.2) is 9.97 Å². The van der Waals surface area contributed by atoms with Crippen molar-refractivity contribution in [2.45, 2.75) is 39.7 Å². The molecule has 0 fully saturated rings. The van der Waals surface area contributed by atoms with Crippen LogP contribution < -0.4 is 5.32 Å². The van der Waals surface area contributed by atoms with E-state index in [1.54, 1.807) is 0 Å². The molecule has 2 heterocycles. The number of nitrogens with one attached hydrogen (secondary N) is 2. The molecule has 0 saturated carbocycles. The molecule has 140 valence electrons. The van der Waals surface area contributed by atoms with Crippen molar-refractivity contribution < 1.29 is 4.79 Å². The third-order valence-electron chi connectivity index (χ3n) is 5.72. The van der Waals surface area contributed by atoms with Crippen LogP contribution in [-0.2, 0) is 12.8 Å². The molecule has 1 aliphatic rings. The number of carbonyl (C=O) groups is 1. The molecular formula is C23H22N4O. The maximum atomic E-state index is 12.8. The molecule has 1 unspecified atom stereocenters. The Hall–Kier alpha value is -3.21. The molecule has 2 N–H and O–H groups in total. The van der Waals surface area contributed by atoms with E-state index in [0.29, 0.717) is 5.56 Å². The Kier molecular flexibility index (Phi) is 3.72. The highest BCUT2D eigenvalue weighted by Gasteiger charge is 2.27. The van der Waals surface area contributed by atoms with Crippen molar-refractivity contribution in [2.24, 2.45) is 0 Å². The molecule has 1 aliphatic carbocycles. The summed E-state index contributed by atoms with van der Waals surface area (Å²) in [5, 5.41) is 4.47. The number of aromatic nitrogens is 3. The van der Waals surface area contributed by atoms with Gasteiger partial charge in [-0.2, -0.15) is 0 Å². The summed E-state index contributed by atoms with van der Waals surface area (Å²) in [5.74, 6) is -0.0578. The average molecular weight is 370 g/mol. The van der Waals surface area contributed by atoms with Gasteiger partial charge in [0.15, 0.2) is 0 Å². The standard InChI is InChI=1S/C23H22N4O/c1-12-4-6-19-17(8-12)18-10-16(11-21(18)27-19)26-23(28)15-5-7-20-22(9-15)25-14(3)13(2)24-20/h4-9,16,27H,10-11H2,1-3H3,(H,26,28). The number of rotatable bonds is 2. The van der Waals surface area contributed by atoms with Gasteiger partial charge in [0.25, 0.3) is 5.91 Å². The molecule has 0 aliphatic heterocycles. The molecule has 1 atom stereocenters. The van der Waals surface area contributed by atoms with Crippen LogP contribution in [-0.4, -0.2) is 26.9 Å². The Morgan fingerprint density at radius 2 is 1.79 bits per heavy atom. The first-order valence-electron chi connectivity index (χ1n) is 9.64. The molecule has 5 rings (SSSR count). The SMILES string of the molecule is Cc1ccc2[nH]c3c(c2c1)CC(NC(=O)c1ccc2nc(C)c(C)nc2c1)C3. The van der Waals surface area contributed by atoms with Crippen LogP contribution in [0.2, 0.25) is 0 Å². The smallest absolute Gasteiger partial charge is 0.251 e. The summed E-state index contributed by atoms with van der Waals surface area (Å²) < 4.78 is 0. The first kappa shape index (κ1) is 16.9. The number of hydrogen-bond acceptors (Lipinski definition) is 3. The minimum Gasteiger partial charge on any atom is -0.358 e. The van der Waals surface area contributed by atoms with Gasteiger partial charge < -0.3 is 10.3 Å². The molecule has 4 aromatic rings. The van der Waals surface area contributed by atoms with Crippen molar-refractivity contribution >= 4 is 27.8 Å². The lowest BCUT2D eigenvalue weighted by atomic mass is 10.1. The zero-order chi connectivity index (χ0) is 19.4. The molecule has 28 heavy (non-hydrogen) atoms. The highest BCUT2D eigenvalue weighted by Crippen LogP contribution is 2.31. The molecule has 0 spiro atoms. The number of aromatic amines is 1. The van der Waals surface area contributed by atoms with Gasteiger partial charge in [-0.15, -0.1) is 0 Å². The Bertz CT molecular complexity index is 1250. The molecule has 1 amide bonds. The van der Waals surface area contributed by atoms with Crippen LogP contribution >= 0.6 is 0 Å². The number of nitrogens with zero attached hydrogens (tertiary/aromatic N) is 2. The van der Waals surface area contributed by atoms with Crippen LogP contribution in [0.4, 0.5) is 0 Å². The average Bonchev–Trinajstić information content (AvgIpc) is 3.19. The maximum Gasteiger partial charge on any atom is 0.251 e. The predicted molar refractivity (Wildman–Crippen MR) is 111 cm³/mol. The number of H-pyrrole nitrogens is 1. The molecule has 5 nitrogen and oxygen atoms in total. The summed E-state index contributed by atoms with van der Waals surface area (Å²) in [7, 11) is 0. The van der Waals surface area contributed by atoms with Gasteiger partial charge in [0.05, 0.1) is 22.4 Å². The lowest BCUT2D eigenvalue weighted by Gasteiger charge is -2.13. The highest BCUT2D eigenvalue weighted by atomic mass is 16.1. The molecule has 0 bridgehead atoms.